The highest BCUT2D eigenvalue weighted by atomic mass is 16.2. The number of carbonyl (C=O) groups is 3. The van der Waals surface area contributed by atoms with Crippen molar-refractivity contribution in [2.45, 2.75) is 6.54 Å². The maximum Gasteiger partial charge on any atom is 0.279 e. The number of hydrogen-bond donors (Lipinski definition) is 4. The van der Waals surface area contributed by atoms with Gasteiger partial charge in [0, 0.05) is 36.5 Å². The van der Waals surface area contributed by atoms with E-state index in [2.05, 4.69) is 16.0 Å². The fourth-order valence-corrected chi connectivity index (χ4v) is 2.69. The molecule has 0 aliphatic carbocycles. The number of hydrogen-bond acceptors (Lipinski definition) is 3. The molecular weight excluding hydrogens is 344 g/mol. The third-order valence-electron chi connectivity index (χ3n) is 4.05. The minimum absolute atomic E-state index is 0.124. The summed E-state index contributed by atoms with van der Waals surface area (Å²) in [7, 11) is 5.08. The largest absolute Gasteiger partial charge is 0.355 e. The average molecular weight is 369 g/mol. The van der Waals surface area contributed by atoms with Gasteiger partial charge in [-0.25, -0.2) is 0 Å². The first-order chi connectivity index (χ1) is 12.9. The minimum Gasteiger partial charge on any atom is -0.355 e. The molecule has 0 aliphatic rings. The summed E-state index contributed by atoms with van der Waals surface area (Å²) in [6.45, 7) is 0.932. The fourth-order valence-electron chi connectivity index (χ4n) is 2.69. The first-order valence-electron chi connectivity index (χ1n) is 8.67. The van der Waals surface area contributed by atoms with Crippen LogP contribution in [0.4, 0.5) is 5.69 Å². The second-order valence-corrected chi connectivity index (χ2v) is 6.29. The van der Waals surface area contributed by atoms with Crippen molar-refractivity contribution in [1.29, 1.82) is 0 Å². The monoisotopic (exact) mass is 369 g/mol. The van der Waals surface area contributed by atoms with Crippen LogP contribution >= 0.6 is 0 Å². The Hall–Kier alpha value is -3.19. The van der Waals surface area contributed by atoms with E-state index >= 15 is 0 Å². The molecule has 0 heterocycles. The van der Waals surface area contributed by atoms with Crippen molar-refractivity contribution in [2.24, 2.45) is 0 Å². The molecule has 0 saturated heterocycles. The van der Waals surface area contributed by atoms with Crippen molar-refractivity contribution >= 4 is 23.4 Å². The van der Waals surface area contributed by atoms with Crippen molar-refractivity contribution in [2.75, 3.05) is 33.0 Å². The van der Waals surface area contributed by atoms with Crippen LogP contribution in [0, 0.1) is 0 Å². The molecule has 2 aromatic rings. The van der Waals surface area contributed by atoms with E-state index in [9.17, 15) is 14.4 Å². The first-order valence-corrected chi connectivity index (χ1v) is 8.67. The molecule has 0 fully saturated rings. The molecule has 3 amide bonds. The van der Waals surface area contributed by atoms with Gasteiger partial charge in [0.1, 0.15) is 6.54 Å². The number of quaternary nitrogens is 1. The van der Waals surface area contributed by atoms with Crippen LogP contribution in [0.25, 0.3) is 0 Å². The SMILES string of the molecule is CNC(=O)c1ccc(C[NH+](C)CC(=O)Nc2cccc(C(=O)NC)c2)cc1. The van der Waals surface area contributed by atoms with Crippen LogP contribution in [-0.2, 0) is 11.3 Å². The Labute approximate surface area is 158 Å². The maximum atomic E-state index is 12.3. The fraction of sp³-hybridized carbons (Fsp3) is 0.250. The first kappa shape index (κ1) is 20.1. The van der Waals surface area contributed by atoms with E-state index in [0.29, 0.717) is 23.4 Å². The molecule has 1 atom stereocenters. The Balaban J connectivity index is 1.90. The van der Waals surface area contributed by atoms with Crippen LogP contribution < -0.4 is 20.9 Å². The highest BCUT2D eigenvalue weighted by molar-refractivity contribution is 5.97. The number of likely N-dealkylation sites (N-methyl/N-ethyl adjacent to an activating group) is 1. The van der Waals surface area contributed by atoms with Gasteiger partial charge in [0.25, 0.3) is 17.7 Å². The highest BCUT2D eigenvalue weighted by Gasteiger charge is 2.12. The zero-order chi connectivity index (χ0) is 19.8. The van der Waals surface area contributed by atoms with Gasteiger partial charge < -0.3 is 20.9 Å². The molecule has 27 heavy (non-hydrogen) atoms. The predicted octanol–water partition coefficient (Wildman–Crippen LogP) is 0.0592. The number of nitrogens with one attached hydrogen (secondary N) is 4. The zero-order valence-electron chi connectivity index (χ0n) is 15.8. The summed E-state index contributed by atoms with van der Waals surface area (Å²) >= 11 is 0. The van der Waals surface area contributed by atoms with Gasteiger partial charge in [0.2, 0.25) is 0 Å². The Morgan fingerprint density at radius 3 is 2.15 bits per heavy atom. The summed E-state index contributed by atoms with van der Waals surface area (Å²) in [6, 6.07) is 14.1. The van der Waals surface area contributed by atoms with Gasteiger partial charge in [-0.3, -0.25) is 14.4 Å². The minimum atomic E-state index is -0.200. The smallest absolute Gasteiger partial charge is 0.279 e. The van der Waals surface area contributed by atoms with E-state index in [1.807, 2.05) is 19.2 Å². The van der Waals surface area contributed by atoms with Crippen molar-refractivity contribution in [3.05, 3.63) is 65.2 Å². The van der Waals surface area contributed by atoms with Crippen LogP contribution in [0.3, 0.4) is 0 Å². The quantitative estimate of drug-likeness (QED) is 0.556. The third-order valence-corrected chi connectivity index (χ3v) is 4.05. The van der Waals surface area contributed by atoms with Crippen molar-refractivity contribution in [3.8, 4) is 0 Å². The van der Waals surface area contributed by atoms with Crippen LogP contribution in [0.1, 0.15) is 26.3 Å². The van der Waals surface area contributed by atoms with Gasteiger partial charge in [-0.05, 0) is 30.3 Å². The average Bonchev–Trinajstić information content (AvgIpc) is 2.67. The van der Waals surface area contributed by atoms with Crippen LogP contribution in [-0.4, -0.2) is 45.4 Å². The molecule has 0 radical (unpaired) electrons. The molecule has 7 heteroatoms. The van der Waals surface area contributed by atoms with E-state index in [1.165, 1.54) is 0 Å². The normalized spacial score (nSPS) is 11.4. The standard InChI is InChI=1S/C20H24N4O3/c1-21-19(26)15-9-7-14(8-10-15)12-24(3)13-18(25)23-17-6-4-5-16(11-17)20(27)22-2/h4-11H,12-13H2,1-3H3,(H,21,26)(H,22,27)(H,23,25)/p+1. The Morgan fingerprint density at radius 1 is 0.889 bits per heavy atom. The highest BCUT2D eigenvalue weighted by Crippen LogP contribution is 2.10. The Kier molecular flexibility index (Phi) is 7.08. The lowest BCUT2D eigenvalue weighted by Gasteiger charge is -2.14. The molecule has 0 saturated carbocycles. The summed E-state index contributed by atoms with van der Waals surface area (Å²) in [5.41, 5.74) is 2.72. The molecule has 2 aromatic carbocycles. The number of rotatable bonds is 7. The van der Waals surface area contributed by atoms with Crippen LogP contribution in [0.15, 0.2) is 48.5 Å². The van der Waals surface area contributed by atoms with Crippen molar-refractivity contribution in [1.82, 2.24) is 10.6 Å². The van der Waals surface area contributed by atoms with Gasteiger partial charge in [-0.2, -0.15) is 0 Å². The van der Waals surface area contributed by atoms with E-state index in [-0.39, 0.29) is 24.3 Å². The van der Waals surface area contributed by atoms with Crippen LogP contribution in [0.5, 0.6) is 0 Å². The molecule has 7 nitrogen and oxygen atoms in total. The maximum absolute atomic E-state index is 12.3. The molecular formula is C20H25N4O3+. The second-order valence-electron chi connectivity index (χ2n) is 6.29. The summed E-state index contributed by atoms with van der Waals surface area (Å²) in [5, 5.41) is 7.96. The summed E-state index contributed by atoms with van der Waals surface area (Å²) in [6.07, 6.45) is 0. The van der Waals surface area contributed by atoms with E-state index in [1.54, 1.807) is 50.5 Å². The molecule has 0 aromatic heterocycles. The lowest BCUT2D eigenvalue weighted by atomic mass is 10.1. The van der Waals surface area contributed by atoms with Crippen LogP contribution in [0.2, 0.25) is 0 Å². The Morgan fingerprint density at radius 2 is 1.52 bits per heavy atom. The molecule has 0 spiro atoms. The molecule has 1 unspecified atom stereocenters. The molecule has 4 N–H and O–H groups in total. The van der Waals surface area contributed by atoms with Gasteiger partial charge in [0.05, 0.1) is 7.05 Å². The second kappa shape index (κ2) is 9.49. The van der Waals surface area contributed by atoms with E-state index in [0.717, 1.165) is 10.5 Å². The number of carbonyl (C=O) groups excluding carboxylic acids is 3. The van der Waals surface area contributed by atoms with E-state index < -0.39 is 0 Å². The molecule has 0 bridgehead atoms. The lowest BCUT2D eigenvalue weighted by molar-refractivity contribution is -0.885. The lowest BCUT2D eigenvalue weighted by Crippen LogP contribution is -3.08. The third kappa shape index (κ3) is 5.93. The topological polar surface area (TPSA) is 91.7 Å². The number of anilines is 1. The van der Waals surface area contributed by atoms with Crippen molar-refractivity contribution < 1.29 is 19.3 Å². The molecule has 2 rings (SSSR count). The summed E-state index contributed by atoms with van der Waals surface area (Å²) in [5.74, 6) is -0.460. The predicted molar refractivity (Wildman–Crippen MR) is 104 cm³/mol. The molecule has 142 valence electrons. The van der Waals surface area contributed by atoms with Gasteiger partial charge in [-0.15, -0.1) is 0 Å². The van der Waals surface area contributed by atoms with Crippen molar-refractivity contribution in [3.63, 3.8) is 0 Å². The Bertz CT molecular complexity index is 818. The van der Waals surface area contributed by atoms with Gasteiger partial charge in [0.15, 0.2) is 6.54 Å². The number of benzene rings is 2. The van der Waals surface area contributed by atoms with E-state index in [4.69, 9.17) is 0 Å². The zero-order valence-corrected chi connectivity index (χ0v) is 15.8. The van der Waals surface area contributed by atoms with Gasteiger partial charge >= 0.3 is 0 Å². The summed E-state index contributed by atoms with van der Waals surface area (Å²) < 4.78 is 0. The summed E-state index contributed by atoms with van der Waals surface area (Å²) in [4.78, 5) is 36.5. The van der Waals surface area contributed by atoms with Gasteiger partial charge in [-0.1, -0.05) is 18.2 Å². The number of amides is 3. The molecule has 0 aliphatic heterocycles.